The van der Waals surface area contributed by atoms with Crippen LogP contribution in [0.3, 0.4) is 0 Å². The highest BCUT2D eigenvalue weighted by Gasteiger charge is 2.23. The molecule has 2 heterocycles. The van der Waals surface area contributed by atoms with Crippen molar-refractivity contribution in [1.82, 2.24) is 25.4 Å². The van der Waals surface area contributed by atoms with E-state index in [0.29, 0.717) is 23.0 Å². The Hall–Kier alpha value is -2.60. The standard InChI is InChI=1S/C18H20BrN5O5S/c1-10-5-6-11(9-12(10)19)24-14(22-28-17(24)26)13-15(23-29-21-13)30-8-7-20-16(25)27-18(2,3)4/h5-6,9H,7-8H2,1-4H3,(H,20,25). The van der Waals surface area contributed by atoms with Crippen molar-refractivity contribution in [3.8, 4) is 17.2 Å². The zero-order chi connectivity index (χ0) is 21.9. The molecule has 0 aliphatic heterocycles. The molecule has 1 amide bonds. The molecule has 0 saturated carbocycles. The molecule has 2 aromatic heterocycles. The molecular formula is C18H20BrN5O5S. The molecule has 10 nitrogen and oxygen atoms in total. The van der Waals surface area contributed by atoms with E-state index in [2.05, 4.69) is 36.7 Å². The van der Waals surface area contributed by atoms with Crippen molar-refractivity contribution in [2.45, 2.75) is 38.3 Å². The molecule has 3 rings (SSSR count). The first kappa shape index (κ1) is 22.1. The molecule has 0 aliphatic rings. The second kappa shape index (κ2) is 9.04. The van der Waals surface area contributed by atoms with Gasteiger partial charge in [0.2, 0.25) is 5.82 Å². The highest BCUT2D eigenvalue weighted by molar-refractivity contribution is 9.10. The molecule has 160 valence electrons. The minimum atomic E-state index is -0.661. The second-order valence-electron chi connectivity index (χ2n) is 7.24. The number of benzene rings is 1. The number of aryl methyl sites for hydroxylation is 1. The number of aromatic nitrogens is 4. The van der Waals surface area contributed by atoms with E-state index in [9.17, 15) is 9.59 Å². The maximum atomic E-state index is 12.3. The molecule has 30 heavy (non-hydrogen) atoms. The third-order valence-electron chi connectivity index (χ3n) is 3.70. The number of hydrogen-bond acceptors (Lipinski definition) is 9. The van der Waals surface area contributed by atoms with Crippen LogP contribution in [0.5, 0.6) is 0 Å². The molecule has 1 N–H and O–H groups in total. The monoisotopic (exact) mass is 497 g/mol. The summed E-state index contributed by atoms with van der Waals surface area (Å²) in [5.41, 5.74) is 1.27. The van der Waals surface area contributed by atoms with Crippen LogP contribution >= 0.6 is 27.7 Å². The summed E-state index contributed by atoms with van der Waals surface area (Å²) >= 11 is 4.74. The smallest absolute Gasteiger partial charge is 0.444 e. The lowest BCUT2D eigenvalue weighted by Gasteiger charge is -2.19. The van der Waals surface area contributed by atoms with E-state index >= 15 is 0 Å². The van der Waals surface area contributed by atoms with Gasteiger partial charge in [0.05, 0.1) is 5.69 Å². The van der Waals surface area contributed by atoms with Crippen LogP contribution in [-0.4, -0.2) is 44.0 Å². The number of rotatable bonds is 6. The molecule has 0 spiro atoms. The number of ether oxygens (including phenoxy) is 1. The van der Waals surface area contributed by atoms with Crippen molar-refractivity contribution < 1.29 is 18.7 Å². The van der Waals surface area contributed by atoms with Crippen molar-refractivity contribution in [3.63, 3.8) is 0 Å². The van der Waals surface area contributed by atoms with Crippen molar-refractivity contribution >= 4 is 33.8 Å². The molecule has 3 aromatic rings. The van der Waals surface area contributed by atoms with E-state index in [0.717, 1.165) is 10.0 Å². The predicted molar refractivity (Wildman–Crippen MR) is 113 cm³/mol. The summed E-state index contributed by atoms with van der Waals surface area (Å²) < 4.78 is 17.0. The highest BCUT2D eigenvalue weighted by Crippen LogP contribution is 2.28. The Morgan fingerprint density at radius 3 is 2.77 bits per heavy atom. The lowest BCUT2D eigenvalue weighted by Crippen LogP contribution is -2.33. The molecule has 0 saturated heterocycles. The van der Waals surface area contributed by atoms with Crippen molar-refractivity contribution in [2.24, 2.45) is 0 Å². The average molecular weight is 498 g/mol. The molecule has 12 heteroatoms. The number of alkyl carbamates (subject to hydrolysis) is 1. The van der Waals surface area contributed by atoms with Crippen LogP contribution in [0.4, 0.5) is 4.79 Å². The number of nitrogens with one attached hydrogen (secondary N) is 1. The van der Waals surface area contributed by atoms with Gasteiger partial charge in [0.1, 0.15) is 5.60 Å². The molecule has 0 fully saturated rings. The predicted octanol–water partition coefficient (Wildman–Crippen LogP) is 3.56. The normalized spacial score (nSPS) is 11.5. The first-order valence-electron chi connectivity index (χ1n) is 8.93. The van der Waals surface area contributed by atoms with Gasteiger partial charge in [-0.1, -0.05) is 38.9 Å². The van der Waals surface area contributed by atoms with Crippen LogP contribution in [-0.2, 0) is 4.74 Å². The van der Waals surface area contributed by atoms with E-state index in [1.54, 1.807) is 32.9 Å². The Morgan fingerprint density at radius 1 is 1.30 bits per heavy atom. The third-order valence-corrected chi connectivity index (χ3v) is 5.50. The van der Waals surface area contributed by atoms with E-state index < -0.39 is 17.5 Å². The Labute approximate surface area is 184 Å². The lowest BCUT2D eigenvalue weighted by molar-refractivity contribution is 0.0531. The van der Waals surface area contributed by atoms with E-state index in [1.807, 2.05) is 13.0 Å². The maximum Gasteiger partial charge on any atom is 0.446 e. The maximum absolute atomic E-state index is 12.3. The lowest BCUT2D eigenvalue weighted by atomic mass is 10.2. The second-order valence-corrected chi connectivity index (χ2v) is 9.17. The number of hydrogen-bond donors (Lipinski definition) is 1. The first-order valence-corrected chi connectivity index (χ1v) is 10.7. The molecule has 0 aliphatic carbocycles. The fourth-order valence-corrected chi connectivity index (χ4v) is 3.49. The van der Waals surface area contributed by atoms with Gasteiger partial charge in [-0.3, -0.25) is 4.52 Å². The number of thioether (sulfide) groups is 1. The van der Waals surface area contributed by atoms with Gasteiger partial charge in [0.15, 0.2) is 10.7 Å². The molecular weight excluding hydrogens is 478 g/mol. The quantitative estimate of drug-likeness (QED) is 0.401. The molecule has 0 bridgehead atoms. The summed E-state index contributed by atoms with van der Waals surface area (Å²) in [6, 6.07) is 5.41. The van der Waals surface area contributed by atoms with Gasteiger partial charge in [-0.25, -0.2) is 18.8 Å². The van der Waals surface area contributed by atoms with Gasteiger partial charge in [-0.15, -0.1) is 0 Å². The van der Waals surface area contributed by atoms with Crippen LogP contribution < -0.4 is 11.1 Å². The summed E-state index contributed by atoms with van der Waals surface area (Å²) in [5, 5.41) is 14.7. The van der Waals surface area contributed by atoms with E-state index in [4.69, 9.17) is 13.9 Å². The largest absolute Gasteiger partial charge is 0.446 e. The summed E-state index contributed by atoms with van der Waals surface area (Å²) in [6.07, 6.45) is -0.503. The van der Waals surface area contributed by atoms with Crippen LogP contribution in [0.1, 0.15) is 26.3 Å². The van der Waals surface area contributed by atoms with Gasteiger partial charge in [-0.05, 0) is 55.7 Å². The van der Waals surface area contributed by atoms with Crippen molar-refractivity contribution in [3.05, 3.63) is 38.8 Å². The zero-order valence-corrected chi connectivity index (χ0v) is 19.2. The number of carbonyl (C=O) groups excluding carboxylic acids is 1. The SMILES string of the molecule is Cc1ccc(-n2c(-c3nonc3SCCNC(=O)OC(C)(C)C)noc2=O)cc1Br. The summed E-state index contributed by atoms with van der Waals surface area (Å²) in [5.74, 6) is -0.0237. The fourth-order valence-electron chi connectivity index (χ4n) is 2.37. The number of halogens is 1. The van der Waals surface area contributed by atoms with Crippen molar-refractivity contribution in [1.29, 1.82) is 0 Å². The zero-order valence-electron chi connectivity index (χ0n) is 16.8. The molecule has 0 unspecified atom stereocenters. The van der Waals surface area contributed by atoms with Crippen LogP contribution in [0.15, 0.2) is 41.6 Å². The van der Waals surface area contributed by atoms with Gasteiger partial charge in [0, 0.05) is 16.8 Å². The Morgan fingerprint density at radius 2 is 2.07 bits per heavy atom. The summed E-state index contributed by atoms with van der Waals surface area (Å²) in [7, 11) is 0. The number of carbonyl (C=O) groups is 1. The Kier molecular flexibility index (Phi) is 6.66. The number of amides is 1. The van der Waals surface area contributed by atoms with Crippen molar-refractivity contribution in [2.75, 3.05) is 12.3 Å². The average Bonchev–Trinajstić information content (AvgIpc) is 3.26. The van der Waals surface area contributed by atoms with Gasteiger partial charge >= 0.3 is 11.8 Å². The summed E-state index contributed by atoms with van der Waals surface area (Å²) in [6.45, 7) is 7.64. The summed E-state index contributed by atoms with van der Waals surface area (Å²) in [4.78, 5) is 24.0. The minimum absolute atomic E-state index is 0.166. The highest BCUT2D eigenvalue weighted by atomic mass is 79.9. The van der Waals surface area contributed by atoms with Gasteiger partial charge in [0.25, 0.3) is 0 Å². The first-order chi connectivity index (χ1) is 14.2. The van der Waals surface area contributed by atoms with Gasteiger partial charge < -0.3 is 10.1 Å². The topological polar surface area (TPSA) is 125 Å². The van der Waals surface area contributed by atoms with E-state index in [1.165, 1.54) is 16.3 Å². The van der Waals surface area contributed by atoms with Crippen LogP contribution in [0.2, 0.25) is 0 Å². The molecule has 0 radical (unpaired) electrons. The molecule has 0 atom stereocenters. The van der Waals surface area contributed by atoms with Gasteiger partial charge in [-0.2, -0.15) is 0 Å². The van der Waals surface area contributed by atoms with Crippen LogP contribution in [0, 0.1) is 6.92 Å². The van der Waals surface area contributed by atoms with E-state index in [-0.39, 0.29) is 11.5 Å². The fraction of sp³-hybridized carbons (Fsp3) is 0.389. The Balaban J connectivity index is 1.74. The Bertz CT molecular complexity index is 1100. The molecule has 1 aromatic carbocycles. The minimum Gasteiger partial charge on any atom is -0.444 e. The number of nitrogens with zero attached hydrogens (tertiary/aromatic N) is 4. The third kappa shape index (κ3) is 5.30. The van der Waals surface area contributed by atoms with Crippen LogP contribution in [0.25, 0.3) is 17.2 Å².